The molecular weight excluding hydrogens is 591 g/mol. The summed E-state index contributed by atoms with van der Waals surface area (Å²) in [4.78, 5) is 48.0. The minimum absolute atomic E-state index is 0.00293. The SMILES string of the molecule is CC(=O)OC[C@H]1O[C@@H](Oc2cc(-c3ccc(F)cc3)n(-c3ccc(C(C)C)cc3)n2)[C@H](OC(C)=O)[C@@H](OC(C)=O)[C@@H]1OC(C)=O. The molecule has 45 heavy (non-hydrogen) atoms. The third-order valence-electron chi connectivity index (χ3n) is 6.82. The Labute approximate surface area is 259 Å². The van der Waals surface area contributed by atoms with Gasteiger partial charge in [-0.3, -0.25) is 19.2 Å². The second kappa shape index (κ2) is 14.3. The highest BCUT2D eigenvalue weighted by atomic mass is 19.1. The van der Waals surface area contributed by atoms with Crippen LogP contribution in [0.15, 0.2) is 54.6 Å². The van der Waals surface area contributed by atoms with Gasteiger partial charge in [-0.05, 0) is 47.9 Å². The van der Waals surface area contributed by atoms with Crippen LogP contribution in [0, 0.1) is 5.82 Å². The summed E-state index contributed by atoms with van der Waals surface area (Å²) in [6.07, 6.45) is -6.84. The molecule has 240 valence electrons. The zero-order valence-electron chi connectivity index (χ0n) is 25.7. The Kier molecular flexibility index (Phi) is 10.6. The quantitative estimate of drug-likeness (QED) is 0.235. The summed E-state index contributed by atoms with van der Waals surface area (Å²) >= 11 is 0. The third kappa shape index (κ3) is 8.44. The van der Waals surface area contributed by atoms with Crippen molar-refractivity contribution in [3.63, 3.8) is 0 Å². The molecule has 0 bridgehead atoms. The maximum Gasteiger partial charge on any atom is 0.303 e. The first kappa shape index (κ1) is 33.1. The highest BCUT2D eigenvalue weighted by molar-refractivity contribution is 5.69. The van der Waals surface area contributed by atoms with Crippen LogP contribution in [0.3, 0.4) is 0 Å². The molecule has 0 aliphatic carbocycles. The van der Waals surface area contributed by atoms with E-state index in [-0.39, 0.29) is 5.88 Å². The highest BCUT2D eigenvalue weighted by Crippen LogP contribution is 2.33. The number of carbonyl (C=O) groups is 4. The van der Waals surface area contributed by atoms with Gasteiger partial charge in [-0.2, -0.15) is 0 Å². The van der Waals surface area contributed by atoms with Gasteiger partial charge in [-0.25, -0.2) is 9.07 Å². The number of hydrogen-bond acceptors (Lipinski definition) is 11. The van der Waals surface area contributed by atoms with E-state index in [1.165, 1.54) is 19.1 Å². The van der Waals surface area contributed by atoms with Gasteiger partial charge in [0.1, 0.15) is 18.5 Å². The number of carbonyl (C=O) groups excluding carboxylic acids is 4. The summed E-state index contributed by atoms with van der Waals surface area (Å²) in [5, 5.41) is 4.62. The van der Waals surface area contributed by atoms with Gasteiger partial charge in [0.15, 0.2) is 12.2 Å². The molecule has 1 aliphatic heterocycles. The van der Waals surface area contributed by atoms with Crippen molar-refractivity contribution >= 4 is 23.9 Å². The van der Waals surface area contributed by atoms with Crippen LogP contribution in [0.4, 0.5) is 4.39 Å². The van der Waals surface area contributed by atoms with Crippen LogP contribution in [0.5, 0.6) is 5.88 Å². The van der Waals surface area contributed by atoms with Crippen LogP contribution in [-0.4, -0.2) is 71.0 Å². The summed E-state index contributed by atoms with van der Waals surface area (Å²) in [6.45, 7) is 8.32. The van der Waals surface area contributed by atoms with E-state index in [4.69, 9.17) is 28.4 Å². The van der Waals surface area contributed by atoms with Gasteiger partial charge < -0.3 is 28.4 Å². The predicted octanol–water partition coefficient (Wildman–Crippen LogP) is 4.26. The first-order chi connectivity index (χ1) is 21.3. The van der Waals surface area contributed by atoms with Crippen LogP contribution in [-0.2, 0) is 42.9 Å². The fraction of sp³-hybridized carbons (Fsp3) is 0.406. The van der Waals surface area contributed by atoms with E-state index in [1.54, 1.807) is 22.9 Å². The highest BCUT2D eigenvalue weighted by Gasteiger charge is 2.53. The zero-order chi connectivity index (χ0) is 32.8. The predicted molar refractivity (Wildman–Crippen MR) is 156 cm³/mol. The Balaban J connectivity index is 1.78. The number of benzene rings is 2. The molecule has 2 aromatic carbocycles. The Bertz CT molecular complexity index is 1520. The standard InChI is InChI=1S/C32H35FN2O10/c1-17(2)22-9-13-25(14-10-22)35-26(23-7-11-24(33)12-8-23)15-28(34-35)45-32-31(43-21(6)39)30(42-20(5)38)29(41-19(4)37)27(44-32)16-40-18(3)36/h7-15,17,27,29-32H,16H2,1-6H3/t27-,29-,30+,31-,32+/m1/s1. The molecule has 2 heterocycles. The largest absolute Gasteiger partial charge is 0.463 e. The number of rotatable bonds is 10. The monoisotopic (exact) mass is 626 g/mol. The molecule has 12 nitrogen and oxygen atoms in total. The van der Waals surface area contributed by atoms with E-state index in [9.17, 15) is 23.6 Å². The van der Waals surface area contributed by atoms with Crippen molar-refractivity contribution in [3.05, 3.63) is 66.0 Å². The molecule has 0 unspecified atom stereocenters. The van der Waals surface area contributed by atoms with E-state index >= 15 is 0 Å². The summed E-state index contributed by atoms with van der Waals surface area (Å²) in [6, 6.07) is 15.1. The number of hydrogen-bond donors (Lipinski definition) is 0. The average Bonchev–Trinajstić information content (AvgIpc) is 3.38. The molecule has 1 saturated heterocycles. The minimum atomic E-state index is -1.47. The maximum absolute atomic E-state index is 13.8. The van der Waals surface area contributed by atoms with Crippen LogP contribution in [0.1, 0.15) is 53.0 Å². The van der Waals surface area contributed by atoms with Gasteiger partial charge in [0.2, 0.25) is 18.3 Å². The van der Waals surface area contributed by atoms with Crippen molar-refractivity contribution in [1.82, 2.24) is 9.78 Å². The number of ether oxygens (including phenoxy) is 6. The van der Waals surface area contributed by atoms with Gasteiger partial charge in [0.25, 0.3) is 0 Å². The van der Waals surface area contributed by atoms with Crippen molar-refractivity contribution in [2.24, 2.45) is 0 Å². The second-order valence-corrected chi connectivity index (χ2v) is 10.7. The summed E-state index contributed by atoms with van der Waals surface area (Å²) in [5.74, 6) is -3.04. The normalized spacial score (nSPS) is 21.1. The van der Waals surface area contributed by atoms with Crippen molar-refractivity contribution in [3.8, 4) is 22.8 Å². The zero-order valence-corrected chi connectivity index (χ0v) is 25.7. The van der Waals surface area contributed by atoms with E-state index in [0.29, 0.717) is 22.9 Å². The smallest absolute Gasteiger partial charge is 0.303 e. The molecule has 0 N–H and O–H groups in total. The van der Waals surface area contributed by atoms with Gasteiger partial charge >= 0.3 is 23.9 Å². The number of aromatic nitrogens is 2. The van der Waals surface area contributed by atoms with Crippen molar-refractivity contribution in [1.29, 1.82) is 0 Å². The lowest BCUT2D eigenvalue weighted by molar-refractivity contribution is -0.289. The lowest BCUT2D eigenvalue weighted by Crippen LogP contribution is -2.63. The fourth-order valence-corrected chi connectivity index (χ4v) is 4.84. The van der Waals surface area contributed by atoms with Crippen LogP contribution >= 0.6 is 0 Å². The topological polar surface area (TPSA) is 141 Å². The molecule has 13 heteroatoms. The molecule has 0 radical (unpaired) electrons. The van der Waals surface area contributed by atoms with Gasteiger partial charge in [-0.1, -0.05) is 26.0 Å². The average molecular weight is 627 g/mol. The summed E-state index contributed by atoms with van der Waals surface area (Å²) in [7, 11) is 0. The number of halogens is 1. The molecule has 4 rings (SSSR count). The number of nitrogens with zero attached hydrogens (tertiary/aromatic N) is 2. The fourth-order valence-electron chi connectivity index (χ4n) is 4.84. The first-order valence-electron chi connectivity index (χ1n) is 14.3. The van der Waals surface area contributed by atoms with Crippen molar-refractivity contribution < 1.29 is 52.0 Å². The second-order valence-electron chi connectivity index (χ2n) is 10.7. The molecule has 1 aliphatic rings. The molecule has 0 amide bonds. The van der Waals surface area contributed by atoms with E-state index < -0.39 is 67.0 Å². The van der Waals surface area contributed by atoms with Gasteiger partial charge in [0, 0.05) is 39.3 Å². The molecule has 0 saturated carbocycles. The minimum Gasteiger partial charge on any atom is -0.463 e. The molecule has 0 spiro atoms. The molecular formula is C32H35FN2O10. The first-order valence-corrected chi connectivity index (χ1v) is 14.3. The van der Waals surface area contributed by atoms with E-state index in [1.807, 2.05) is 24.3 Å². The van der Waals surface area contributed by atoms with E-state index in [0.717, 1.165) is 26.3 Å². The van der Waals surface area contributed by atoms with E-state index in [2.05, 4.69) is 18.9 Å². The molecule has 3 aromatic rings. The Morgan fingerprint density at radius 1 is 0.822 bits per heavy atom. The van der Waals surface area contributed by atoms with Crippen LogP contribution in [0.25, 0.3) is 16.9 Å². The molecule has 1 fully saturated rings. The Morgan fingerprint density at radius 3 is 1.96 bits per heavy atom. The lowest BCUT2D eigenvalue weighted by Gasteiger charge is -2.43. The van der Waals surface area contributed by atoms with Gasteiger partial charge in [0.05, 0.1) is 11.4 Å². The van der Waals surface area contributed by atoms with Gasteiger partial charge in [-0.15, -0.1) is 5.10 Å². The molecule has 5 atom stereocenters. The van der Waals surface area contributed by atoms with Crippen LogP contribution in [0.2, 0.25) is 0 Å². The number of esters is 4. The van der Waals surface area contributed by atoms with Crippen LogP contribution < -0.4 is 4.74 Å². The third-order valence-corrected chi connectivity index (χ3v) is 6.82. The Hall–Kier alpha value is -4.78. The summed E-state index contributed by atoms with van der Waals surface area (Å²) in [5.41, 5.74) is 2.94. The maximum atomic E-state index is 13.8. The van der Waals surface area contributed by atoms with Crippen molar-refractivity contribution in [2.75, 3.05) is 6.61 Å². The Morgan fingerprint density at radius 2 is 1.40 bits per heavy atom. The van der Waals surface area contributed by atoms with Crippen molar-refractivity contribution in [2.45, 2.75) is 78.2 Å². The molecule has 1 aromatic heterocycles. The summed E-state index contributed by atoms with van der Waals surface area (Å²) < 4.78 is 49.1. The lowest BCUT2D eigenvalue weighted by atomic mass is 9.98.